The molecule has 3 aromatic rings. The normalized spacial score (nSPS) is 13.8. The molecule has 0 radical (unpaired) electrons. The molecular weight excluding hydrogens is 393 g/mol. The summed E-state index contributed by atoms with van der Waals surface area (Å²) >= 11 is 3.13. The van der Waals surface area contributed by atoms with Gasteiger partial charge in [-0.05, 0) is 68.7 Å². The number of thiophene rings is 1. The predicted molar refractivity (Wildman–Crippen MR) is 113 cm³/mol. The quantitative estimate of drug-likeness (QED) is 0.424. The van der Waals surface area contributed by atoms with Crippen molar-refractivity contribution in [2.75, 3.05) is 12.3 Å². The van der Waals surface area contributed by atoms with Gasteiger partial charge >= 0.3 is 0 Å². The minimum Gasteiger partial charge on any atom is -0.351 e. The molecule has 7 heteroatoms. The molecule has 1 saturated carbocycles. The smallest absolute Gasteiger partial charge is 0.261 e. The first-order valence-electron chi connectivity index (χ1n) is 9.47. The van der Waals surface area contributed by atoms with Gasteiger partial charge in [0.1, 0.15) is 16.5 Å². The van der Waals surface area contributed by atoms with E-state index in [-0.39, 0.29) is 11.7 Å². The van der Waals surface area contributed by atoms with Gasteiger partial charge in [0.05, 0.1) is 10.6 Å². The van der Waals surface area contributed by atoms with Gasteiger partial charge in [-0.25, -0.2) is 14.4 Å². The molecule has 0 aliphatic heterocycles. The summed E-state index contributed by atoms with van der Waals surface area (Å²) in [4.78, 5) is 24.7. The van der Waals surface area contributed by atoms with E-state index < -0.39 is 0 Å². The molecule has 4 nitrogen and oxygen atoms in total. The minimum absolute atomic E-state index is 0.0420. The van der Waals surface area contributed by atoms with Gasteiger partial charge in [0.25, 0.3) is 5.91 Å². The Hall–Kier alpha value is -1.99. The number of thioether (sulfide) groups is 1. The zero-order chi connectivity index (χ0) is 19.7. The summed E-state index contributed by atoms with van der Waals surface area (Å²) in [5.41, 5.74) is 1.94. The molecule has 146 valence electrons. The number of hydrogen-bond acceptors (Lipinski definition) is 5. The van der Waals surface area contributed by atoms with Gasteiger partial charge in [-0.15, -0.1) is 23.1 Å². The molecular formula is C21H22FN3OS2. The van der Waals surface area contributed by atoms with E-state index >= 15 is 0 Å². The lowest BCUT2D eigenvalue weighted by atomic mass is 10.1. The zero-order valence-electron chi connectivity index (χ0n) is 15.9. The number of carbonyl (C=O) groups is 1. The van der Waals surface area contributed by atoms with Crippen molar-refractivity contribution in [2.24, 2.45) is 0 Å². The van der Waals surface area contributed by atoms with Gasteiger partial charge in [0.2, 0.25) is 0 Å². The molecule has 1 aromatic carbocycles. The number of halogens is 1. The molecule has 0 bridgehead atoms. The molecule has 1 fully saturated rings. The SMILES string of the molecule is Cc1nc(C2CC2)nc2sc(C(=O)NCCCSc3ccc(F)cc3)c(C)c12. The first kappa shape index (κ1) is 19.3. The predicted octanol–water partition coefficient (Wildman–Crippen LogP) is 5.24. The van der Waals surface area contributed by atoms with E-state index in [0.29, 0.717) is 12.5 Å². The van der Waals surface area contributed by atoms with E-state index in [1.807, 2.05) is 13.8 Å². The largest absolute Gasteiger partial charge is 0.351 e. The Kier molecular flexibility index (Phi) is 5.64. The Labute approximate surface area is 172 Å². The maximum atomic E-state index is 12.9. The van der Waals surface area contributed by atoms with E-state index in [4.69, 9.17) is 4.98 Å². The van der Waals surface area contributed by atoms with Gasteiger partial charge in [0, 0.05) is 22.7 Å². The van der Waals surface area contributed by atoms with Crippen LogP contribution in [0.1, 0.15) is 51.9 Å². The average molecular weight is 416 g/mol. The molecule has 0 unspecified atom stereocenters. The number of amides is 1. The molecule has 1 aliphatic carbocycles. The van der Waals surface area contributed by atoms with Gasteiger partial charge in [-0.1, -0.05) is 0 Å². The fourth-order valence-corrected chi connectivity index (χ4v) is 5.18. The fraction of sp³-hybridized carbons (Fsp3) is 0.381. The molecule has 0 atom stereocenters. The second-order valence-electron chi connectivity index (χ2n) is 7.09. The maximum Gasteiger partial charge on any atom is 0.261 e. The highest BCUT2D eigenvalue weighted by Crippen LogP contribution is 2.40. The van der Waals surface area contributed by atoms with Gasteiger partial charge in [-0.3, -0.25) is 4.79 Å². The number of aromatic nitrogens is 2. The lowest BCUT2D eigenvalue weighted by molar-refractivity contribution is 0.0957. The maximum absolute atomic E-state index is 12.9. The third-order valence-electron chi connectivity index (χ3n) is 4.83. The molecule has 2 aromatic heterocycles. The molecule has 2 heterocycles. The van der Waals surface area contributed by atoms with Crippen LogP contribution in [0.3, 0.4) is 0 Å². The Morgan fingerprint density at radius 1 is 1.25 bits per heavy atom. The molecule has 1 amide bonds. The van der Waals surface area contributed by atoms with E-state index in [0.717, 1.165) is 49.2 Å². The lowest BCUT2D eigenvalue weighted by Gasteiger charge is -2.05. The topological polar surface area (TPSA) is 54.9 Å². The van der Waals surface area contributed by atoms with Crippen molar-refractivity contribution in [3.63, 3.8) is 0 Å². The Balaban J connectivity index is 1.35. The van der Waals surface area contributed by atoms with E-state index in [9.17, 15) is 9.18 Å². The molecule has 0 spiro atoms. The van der Waals surface area contributed by atoms with Crippen molar-refractivity contribution in [1.29, 1.82) is 0 Å². The third kappa shape index (κ3) is 4.20. The summed E-state index contributed by atoms with van der Waals surface area (Å²) in [6, 6.07) is 6.48. The van der Waals surface area contributed by atoms with E-state index in [1.54, 1.807) is 23.9 Å². The average Bonchev–Trinajstić information content (AvgIpc) is 3.46. The summed E-state index contributed by atoms with van der Waals surface area (Å²) in [6.45, 7) is 4.59. The minimum atomic E-state index is -0.223. The van der Waals surface area contributed by atoms with Crippen LogP contribution in [0.15, 0.2) is 29.2 Å². The van der Waals surface area contributed by atoms with Crippen LogP contribution >= 0.6 is 23.1 Å². The fourth-order valence-electron chi connectivity index (χ4n) is 3.18. The Bertz CT molecular complexity index is 1010. The van der Waals surface area contributed by atoms with Gasteiger partial charge in [-0.2, -0.15) is 0 Å². The standard InChI is InChI=1S/C21H22FN3OS2/c1-12-17-13(2)24-19(14-4-5-14)25-21(17)28-18(12)20(26)23-10-3-11-27-16-8-6-15(22)7-9-16/h6-9,14H,3-5,10-11H2,1-2H3,(H,23,26). The first-order chi connectivity index (χ1) is 13.5. The summed E-state index contributed by atoms with van der Waals surface area (Å²) < 4.78 is 12.9. The van der Waals surface area contributed by atoms with Crippen LogP contribution in [0.5, 0.6) is 0 Å². The van der Waals surface area contributed by atoms with Crippen LogP contribution in [-0.4, -0.2) is 28.2 Å². The number of fused-ring (bicyclic) bond motifs is 1. The van der Waals surface area contributed by atoms with Crippen LogP contribution < -0.4 is 5.32 Å². The summed E-state index contributed by atoms with van der Waals surface area (Å²) in [7, 11) is 0. The van der Waals surface area contributed by atoms with Crippen LogP contribution in [0.2, 0.25) is 0 Å². The number of nitrogens with zero attached hydrogens (tertiary/aromatic N) is 2. The zero-order valence-corrected chi connectivity index (χ0v) is 17.6. The van der Waals surface area contributed by atoms with E-state index in [2.05, 4.69) is 10.3 Å². The van der Waals surface area contributed by atoms with Gasteiger partial charge in [0.15, 0.2) is 0 Å². The number of nitrogens with one attached hydrogen (secondary N) is 1. The molecule has 28 heavy (non-hydrogen) atoms. The Morgan fingerprint density at radius 2 is 2.00 bits per heavy atom. The highest BCUT2D eigenvalue weighted by atomic mass is 32.2. The van der Waals surface area contributed by atoms with Crippen LogP contribution in [0, 0.1) is 19.7 Å². The Morgan fingerprint density at radius 3 is 2.71 bits per heavy atom. The van der Waals surface area contributed by atoms with Crippen molar-refractivity contribution in [3.8, 4) is 0 Å². The monoisotopic (exact) mass is 415 g/mol. The summed E-state index contributed by atoms with van der Waals surface area (Å²) in [5, 5.41) is 4.04. The second-order valence-corrected chi connectivity index (χ2v) is 9.26. The third-order valence-corrected chi connectivity index (χ3v) is 7.11. The second kappa shape index (κ2) is 8.17. The highest BCUT2D eigenvalue weighted by molar-refractivity contribution is 7.99. The number of aryl methyl sites for hydroxylation is 2. The van der Waals surface area contributed by atoms with Crippen LogP contribution in [-0.2, 0) is 0 Å². The number of benzene rings is 1. The lowest BCUT2D eigenvalue weighted by Crippen LogP contribution is -2.24. The van der Waals surface area contributed by atoms with Crippen molar-refractivity contribution >= 4 is 39.2 Å². The first-order valence-corrected chi connectivity index (χ1v) is 11.3. The molecule has 1 N–H and O–H groups in total. The van der Waals surface area contributed by atoms with Crippen molar-refractivity contribution in [3.05, 3.63) is 52.0 Å². The molecule has 1 aliphatic rings. The number of hydrogen-bond donors (Lipinski definition) is 1. The van der Waals surface area contributed by atoms with E-state index in [1.165, 1.54) is 36.3 Å². The summed E-state index contributed by atoms with van der Waals surface area (Å²) in [5.74, 6) is 2.03. The summed E-state index contributed by atoms with van der Waals surface area (Å²) in [6.07, 6.45) is 3.18. The molecule has 0 saturated heterocycles. The van der Waals surface area contributed by atoms with Crippen LogP contribution in [0.4, 0.5) is 4.39 Å². The highest BCUT2D eigenvalue weighted by Gasteiger charge is 2.28. The van der Waals surface area contributed by atoms with Crippen molar-refractivity contribution < 1.29 is 9.18 Å². The number of carbonyl (C=O) groups excluding carboxylic acids is 1. The molecule has 4 rings (SSSR count). The van der Waals surface area contributed by atoms with Crippen molar-refractivity contribution in [1.82, 2.24) is 15.3 Å². The van der Waals surface area contributed by atoms with Crippen molar-refractivity contribution in [2.45, 2.75) is 43.9 Å². The number of rotatable bonds is 7. The van der Waals surface area contributed by atoms with Crippen LogP contribution in [0.25, 0.3) is 10.2 Å². The van der Waals surface area contributed by atoms with Gasteiger partial charge < -0.3 is 5.32 Å².